The van der Waals surface area contributed by atoms with Gasteiger partial charge in [-0.25, -0.2) is 9.13 Å². The van der Waals surface area contributed by atoms with Crippen LogP contribution in [0.4, 0.5) is 0 Å². The molecule has 0 aromatic heterocycles. The van der Waals surface area contributed by atoms with Gasteiger partial charge in [-0.3, -0.25) is 37.3 Å². The van der Waals surface area contributed by atoms with Crippen molar-refractivity contribution in [2.75, 3.05) is 39.6 Å². The summed E-state index contributed by atoms with van der Waals surface area (Å²) in [5.74, 6) is -2.27. The van der Waals surface area contributed by atoms with Crippen LogP contribution in [-0.2, 0) is 65.4 Å². The third kappa shape index (κ3) is 78.8. The summed E-state index contributed by atoms with van der Waals surface area (Å²) in [5.41, 5.74) is 0. The molecule has 5 atom stereocenters. The largest absolute Gasteiger partial charge is 0.472 e. The molecule has 17 nitrogen and oxygen atoms in total. The van der Waals surface area contributed by atoms with Crippen molar-refractivity contribution in [2.24, 2.45) is 0 Å². The Balaban J connectivity index is 5.44. The normalized spacial score (nSPS) is 14.6. The van der Waals surface area contributed by atoms with Crippen molar-refractivity contribution in [3.8, 4) is 0 Å². The van der Waals surface area contributed by atoms with Gasteiger partial charge in [0.1, 0.15) is 19.3 Å². The van der Waals surface area contributed by atoms with Crippen LogP contribution in [0.1, 0.15) is 323 Å². The fraction of sp³-hybridized carbons (Fsp3) is 0.663. The van der Waals surface area contributed by atoms with Gasteiger partial charge in [-0.15, -0.1) is 0 Å². The van der Waals surface area contributed by atoms with Gasteiger partial charge in [-0.2, -0.15) is 0 Å². The zero-order valence-corrected chi connectivity index (χ0v) is 69.3. The van der Waals surface area contributed by atoms with E-state index in [9.17, 15) is 43.2 Å². The molecular formula is C89H148O17P2. The second kappa shape index (κ2) is 79.8. The minimum Gasteiger partial charge on any atom is -0.462 e. The minimum atomic E-state index is -5.00. The van der Waals surface area contributed by atoms with E-state index in [1.807, 2.05) is 0 Å². The Hall–Kier alpha value is -5.32. The first-order chi connectivity index (χ1) is 52.7. The molecule has 108 heavy (non-hydrogen) atoms. The highest BCUT2D eigenvalue weighted by atomic mass is 31.2. The number of aliphatic hydroxyl groups excluding tert-OH is 1. The first-order valence-corrected chi connectivity index (χ1v) is 44.7. The zero-order chi connectivity index (χ0) is 78.9. The quantitative estimate of drug-likeness (QED) is 0.0169. The highest BCUT2D eigenvalue weighted by molar-refractivity contribution is 7.47. The Morgan fingerprint density at radius 1 is 0.269 bits per heavy atom. The topological polar surface area (TPSA) is 237 Å². The van der Waals surface area contributed by atoms with Gasteiger partial charge in [0.15, 0.2) is 12.2 Å². The predicted molar refractivity (Wildman–Crippen MR) is 445 cm³/mol. The number of carbonyl (C=O) groups excluding carboxylic acids is 4. The Morgan fingerprint density at radius 2 is 0.481 bits per heavy atom. The molecule has 0 aliphatic carbocycles. The summed E-state index contributed by atoms with van der Waals surface area (Å²) < 4.78 is 68.7. The Morgan fingerprint density at radius 3 is 0.769 bits per heavy atom. The molecule has 0 radical (unpaired) electrons. The van der Waals surface area contributed by atoms with Crippen LogP contribution in [0.25, 0.3) is 0 Å². The van der Waals surface area contributed by atoms with Crippen molar-refractivity contribution in [1.29, 1.82) is 0 Å². The lowest BCUT2D eigenvalue weighted by Gasteiger charge is -2.21. The summed E-state index contributed by atoms with van der Waals surface area (Å²) in [6.07, 6.45) is 93.6. The van der Waals surface area contributed by atoms with Gasteiger partial charge in [0.05, 0.1) is 26.4 Å². The zero-order valence-electron chi connectivity index (χ0n) is 67.5. The Bertz CT molecular complexity index is 2660. The summed E-state index contributed by atoms with van der Waals surface area (Å²) in [4.78, 5) is 73.2. The van der Waals surface area contributed by atoms with Crippen molar-refractivity contribution < 1.29 is 80.2 Å². The molecule has 0 aliphatic heterocycles. The summed E-state index contributed by atoms with van der Waals surface area (Å²) in [6, 6.07) is 0. The number of ether oxygens (including phenoxy) is 4. The molecule has 0 amide bonds. The van der Waals surface area contributed by atoms with Crippen LogP contribution in [0.5, 0.6) is 0 Å². The minimum absolute atomic E-state index is 0.0342. The molecule has 5 unspecified atom stereocenters. The van der Waals surface area contributed by atoms with Gasteiger partial charge in [-0.05, 0) is 148 Å². The number of hydrogen-bond donors (Lipinski definition) is 3. The maximum atomic E-state index is 13.1. The third-order valence-electron chi connectivity index (χ3n) is 17.0. The predicted octanol–water partition coefficient (Wildman–Crippen LogP) is 24.8. The van der Waals surface area contributed by atoms with E-state index in [0.717, 1.165) is 173 Å². The average molecular weight is 1550 g/mol. The summed E-state index contributed by atoms with van der Waals surface area (Å²) >= 11 is 0. The lowest BCUT2D eigenvalue weighted by molar-refractivity contribution is -0.161. The molecule has 0 aliphatic rings. The van der Waals surface area contributed by atoms with E-state index >= 15 is 0 Å². The van der Waals surface area contributed by atoms with E-state index in [1.165, 1.54) is 64.2 Å². The number of phosphoric ester groups is 2. The molecule has 19 heteroatoms. The number of unbranched alkanes of at least 4 members (excludes halogenated alkanes) is 25. The Kier molecular flexibility index (Phi) is 75.8. The summed E-state index contributed by atoms with van der Waals surface area (Å²) in [6.45, 7) is 4.46. The highest BCUT2D eigenvalue weighted by Crippen LogP contribution is 2.45. The van der Waals surface area contributed by atoms with Gasteiger partial charge in [-0.1, -0.05) is 308 Å². The van der Waals surface area contributed by atoms with Crippen molar-refractivity contribution in [2.45, 2.75) is 341 Å². The van der Waals surface area contributed by atoms with Gasteiger partial charge < -0.3 is 33.8 Å². The first kappa shape index (κ1) is 103. The summed E-state index contributed by atoms with van der Waals surface area (Å²) in [7, 11) is -10.00. The van der Waals surface area contributed by atoms with E-state index in [2.05, 4.69) is 186 Å². The second-order valence-corrected chi connectivity index (χ2v) is 30.2. The van der Waals surface area contributed by atoms with E-state index in [1.54, 1.807) is 0 Å². The number of rotatable bonds is 77. The van der Waals surface area contributed by atoms with Crippen LogP contribution < -0.4 is 0 Å². The molecule has 0 aromatic carbocycles. The van der Waals surface area contributed by atoms with E-state index in [-0.39, 0.29) is 25.7 Å². The summed E-state index contributed by atoms with van der Waals surface area (Å²) in [5, 5.41) is 10.7. The highest BCUT2D eigenvalue weighted by Gasteiger charge is 2.30. The van der Waals surface area contributed by atoms with Gasteiger partial charge >= 0.3 is 39.5 Å². The number of allylic oxidation sites excluding steroid dienone is 26. The van der Waals surface area contributed by atoms with Crippen molar-refractivity contribution >= 4 is 39.5 Å². The molecule has 0 spiro atoms. The van der Waals surface area contributed by atoms with Crippen LogP contribution in [0, 0.1) is 0 Å². The molecule has 0 saturated carbocycles. The maximum absolute atomic E-state index is 13.1. The number of esters is 4. The van der Waals surface area contributed by atoms with Gasteiger partial charge in [0.25, 0.3) is 0 Å². The molecule has 0 aromatic rings. The number of carbonyl (C=O) groups is 4. The fourth-order valence-corrected chi connectivity index (χ4v) is 12.3. The molecule has 0 heterocycles. The van der Waals surface area contributed by atoms with Crippen LogP contribution in [0.15, 0.2) is 158 Å². The molecule has 0 saturated heterocycles. The van der Waals surface area contributed by atoms with Crippen molar-refractivity contribution in [3.05, 3.63) is 158 Å². The lowest BCUT2D eigenvalue weighted by Crippen LogP contribution is -2.30. The monoisotopic (exact) mass is 1550 g/mol. The van der Waals surface area contributed by atoms with E-state index in [0.29, 0.717) is 32.1 Å². The van der Waals surface area contributed by atoms with E-state index < -0.39 is 97.5 Å². The first-order valence-electron chi connectivity index (χ1n) is 41.7. The molecule has 0 bridgehead atoms. The van der Waals surface area contributed by atoms with Crippen molar-refractivity contribution in [3.63, 3.8) is 0 Å². The van der Waals surface area contributed by atoms with Crippen LogP contribution >= 0.6 is 15.6 Å². The van der Waals surface area contributed by atoms with Crippen molar-refractivity contribution in [1.82, 2.24) is 0 Å². The number of hydrogen-bond acceptors (Lipinski definition) is 15. The number of phosphoric acid groups is 2. The molecular weight excluding hydrogens is 1400 g/mol. The van der Waals surface area contributed by atoms with Crippen LogP contribution in [-0.4, -0.2) is 96.7 Å². The molecule has 0 rings (SSSR count). The molecule has 0 fully saturated rings. The lowest BCUT2D eigenvalue weighted by atomic mass is 10.0. The molecule has 3 N–H and O–H groups in total. The fourth-order valence-electron chi connectivity index (χ4n) is 10.8. The SMILES string of the molecule is CC/C=C\C/C=C\C/C=C\C/C=C\C/C=C\CCCCCC(=O)OCC(COP(=O)(O)OCC(O)COP(=O)(O)OCC(COC(=O)CCCCCCCC/C=C\C/C=C\C/C=C\C/C=C\CC)OC(=O)CCCC/C=C\C/C=C\C/C=C\C/C=C\CC)OC(=O)CCCCCCCCCCCCCCCCC. The van der Waals surface area contributed by atoms with Gasteiger partial charge in [0.2, 0.25) is 0 Å². The van der Waals surface area contributed by atoms with Gasteiger partial charge in [0, 0.05) is 25.7 Å². The van der Waals surface area contributed by atoms with Crippen LogP contribution in [0.2, 0.25) is 0 Å². The maximum Gasteiger partial charge on any atom is 0.472 e. The Labute approximate surface area is 655 Å². The standard InChI is InChI=1S/C89H148O17P2/c1-5-9-13-17-21-25-29-33-37-39-41-43-47-49-53-57-61-65-69-73-86(91)99-79-84(105-88(93)75-71-67-63-59-55-51-45-35-31-27-23-19-15-11-7-3)81-103-107(95,96)101-77-83(90)78-102-108(97,98)104-82-85(106-89(94)76-72-68-64-60-56-52-46-36-32-28-24-20-16-12-8-4)80-100-87(92)74-70-66-62-58-54-50-48-44-42-40-38-34-30-26-22-18-14-10-6-2/h9-11,13-15,21-23,25-27,33-35,37-38,41-45,50,54-55,59,83-85,90H,5-8,12,16-20,24,28-32,36,39-40,46-49,51-53,56-58,60-82H2,1-4H3,(H,95,96)(H,97,98)/b13-9-,14-10-,15-11-,25-21-,26-22-,27-23-,37-33-,38-34-,43-41-,44-42-,45-35-,54-50-,59-55-. The second-order valence-electron chi connectivity index (χ2n) is 27.3. The molecule has 616 valence electrons. The van der Waals surface area contributed by atoms with Crippen LogP contribution in [0.3, 0.4) is 0 Å². The third-order valence-corrected chi connectivity index (χ3v) is 18.9. The smallest absolute Gasteiger partial charge is 0.462 e. The average Bonchev–Trinajstić information content (AvgIpc) is 0.923. The van der Waals surface area contributed by atoms with E-state index in [4.69, 9.17) is 37.0 Å². The number of aliphatic hydroxyl groups is 1.